The number of hydrogen-bond donors (Lipinski definition) is 3. The second-order valence-electron chi connectivity index (χ2n) is 7.29. The second kappa shape index (κ2) is 7.92. The Morgan fingerprint density at radius 3 is 2.85 bits per heavy atom. The molecule has 7 heteroatoms. The first-order valence-electron chi connectivity index (χ1n) is 9.72. The third-order valence-corrected chi connectivity index (χ3v) is 5.29. The molecule has 27 heavy (non-hydrogen) atoms. The van der Waals surface area contributed by atoms with E-state index in [1.165, 1.54) is 12.8 Å². The molecule has 2 aromatic rings. The molecule has 1 aromatic carbocycles. The normalized spacial score (nSPS) is 22.7. The molecular weight excluding hydrogens is 340 g/mol. The van der Waals surface area contributed by atoms with E-state index in [1.54, 1.807) is 6.20 Å². The number of hydrogen-bond acceptors (Lipinski definition) is 6. The molecule has 142 valence electrons. The number of nitrogens with one attached hydrogen (secondary N) is 2. The van der Waals surface area contributed by atoms with Gasteiger partial charge < -0.3 is 21.3 Å². The molecule has 0 spiro atoms. The SMILES string of the molecule is N[C@H]1CCCC[C@H]1Nc1nccc(Nc2cccc(N3CCCC3=O)c2)n1. The van der Waals surface area contributed by atoms with Crippen LogP contribution in [0.4, 0.5) is 23.1 Å². The van der Waals surface area contributed by atoms with E-state index >= 15 is 0 Å². The van der Waals surface area contributed by atoms with Crippen LogP contribution in [0.2, 0.25) is 0 Å². The number of nitrogens with two attached hydrogens (primary N) is 1. The van der Waals surface area contributed by atoms with Crippen LogP contribution in [0.15, 0.2) is 36.5 Å². The van der Waals surface area contributed by atoms with Crippen molar-refractivity contribution in [3.8, 4) is 0 Å². The lowest BCUT2D eigenvalue weighted by Gasteiger charge is -2.29. The Balaban J connectivity index is 1.46. The standard InChI is InChI=1S/C20H26N6O/c21-16-7-1-2-8-17(16)24-20-22-11-10-18(25-20)23-14-5-3-6-15(13-14)26-12-4-9-19(26)27/h3,5-6,10-11,13,16-17H,1-2,4,7-9,12,21H2,(H2,22,23,24,25)/t16-,17+/m0/s1. The van der Waals surface area contributed by atoms with Crippen LogP contribution in [-0.4, -0.2) is 34.5 Å². The van der Waals surface area contributed by atoms with E-state index < -0.39 is 0 Å². The fourth-order valence-corrected chi connectivity index (χ4v) is 3.82. The van der Waals surface area contributed by atoms with Crippen LogP contribution < -0.4 is 21.3 Å². The zero-order valence-corrected chi connectivity index (χ0v) is 15.4. The molecule has 7 nitrogen and oxygen atoms in total. The molecule has 4 N–H and O–H groups in total. The van der Waals surface area contributed by atoms with Crippen LogP contribution in [-0.2, 0) is 4.79 Å². The summed E-state index contributed by atoms with van der Waals surface area (Å²) in [5.74, 6) is 1.49. The molecule has 2 heterocycles. The molecular formula is C20H26N6O. The van der Waals surface area contributed by atoms with E-state index in [4.69, 9.17) is 5.73 Å². The van der Waals surface area contributed by atoms with Crippen molar-refractivity contribution in [2.24, 2.45) is 5.73 Å². The average molecular weight is 366 g/mol. The maximum atomic E-state index is 12.0. The zero-order valence-electron chi connectivity index (χ0n) is 15.4. The van der Waals surface area contributed by atoms with Gasteiger partial charge in [-0.3, -0.25) is 4.79 Å². The molecule has 1 saturated heterocycles. The average Bonchev–Trinajstić information content (AvgIpc) is 3.10. The van der Waals surface area contributed by atoms with Crippen molar-refractivity contribution < 1.29 is 4.79 Å². The van der Waals surface area contributed by atoms with Gasteiger partial charge in [0.15, 0.2) is 0 Å². The maximum Gasteiger partial charge on any atom is 0.227 e. The Morgan fingerprint density at radius 2 is 2.04 bits per heavy atom. The van der Waals surface area contributed by atoms with E-state index in [2.05, 4.69) is 20.6 Å². The Bertz CT molecular complexity index is 811. The number of anilines is 4. The highest BCUT2D eigenvalue weighted by Crippen LogP contribution is 2.26. The highest BCUT2D eigenvalue weighted by Gasteiger charge is 2.23. The summed E-state index contributed by atoms with van der Waals surface area (Å²) in [7, 11) is 0. The summed E-state index contributed by atoms with van der Waals surface area (Å²) in [4.78, 5) is 22.7. The number of benzene rings is 1. The van der Waals surface area contributed by atoms with Gasteiger partial charge in [0.2, 0.25) is 11.9 Å². The molecule has 2 fully saturated rings. The Morgan fingerprint density at radius 1 is 1.15 bits per heavy atom. The van der Waals surface area contributed by atoms with Gasteiger partial charge in [-0.25, -0.2) is 4.98 Å². The Labute approximate surface area is 159 Å². The minimum atomic E-state index is 0.147. The van der Waals surface area contributed by atoms with Crippen LogP contribution in [0.5, 0.6) is 0 Å². The maximum absolute atomic E-state index is 12.0. The molecule has 0 bridgehead atoms. The molecule has 1 aromatic heterocycles. The first-order chi connectivity index (χ1) is 13.2. The van der Waals surface area contributed by atoms with Gasteiger partial charge in [0.1, 0.15) is 5.82 Å². The summed E-state index contributed by atoms with van der Waals surface area (Å²) in [6.45, 7) is 0.783. The van der Waals surface area contributed by atoms with Crippen molar-refractivity contribution in [3.05, 3.63) is 36.5 Å². The number of rotatable bonds is 5. The summed E-state index contributed by atoms with van der Waals surface area (Å²) in [6, 6.07) is 10.1. The summed E-state index contributed by atoms with van der Waals surface area (Å²) < 4.78 is 0. The quantitative estimate of drug-likeness (QED) is 0.753. The van der Waals surface area contributed by atoms with E-state index in [0.717, 1.165) is 37.2 Å². The molecule has 1 aliphatic heterocycles. The van der Waals surface area contributed by atoms with E-state index in [9.17, 15) is 4.79 Å². The first kappa shape index (κ1) is 17.7. The Hall–Kier alpha value is -2.67. The second-order valence-corrected chi connectivity index (χ2v) is 7.29. The van der Waals surface area contributed by atoms with Crippen molar-refractivity contribution in [2.75, 3.05) is 22.1 Å². The summed E-state index contributed by atoms with van der Waals surface area (Å²) >= 11 is 0. The van der Waals surface area contributed by atoms with Crippen molar-refractivity contribution in [1.82, 2.24) is 9.97 Å². The molecule has 2 atom stereocenters. The van der Waals surface area contributed by atoms with Crippen molar-refractivity contribution in [1.29, 1.82) is 0 Å². The minimum absolute atomic E-state index is 0.147. The smallest absolute Gasteiger partial charge is 0.227 e. The van der Waals surface area contributed by atoms with Gasteiger partial charge in [-0.15, -0.1) is 0 Å². The van der Waals surface area contributed by atoms with Crippen LogP contribution >= 0.6 is 0 Å². The molecule has 1 amide bonds. The molecule has 0 radical (unpaired) electrons. The van der Waals surface area contributed by atoms with Crippen molar-refractivity contribution >= 4 is 29.0 Å². The predicted octanol–water partition coefficient (Wildman–Crippen LogP) is 3.03. The van der Waals surface area contributed by atoms with Crippen LogP contribution in [0.25, 0.3) is 0 Å². The zero-order chi connectivity index (χ0) is 18.6. The van der Waals surface area contributed by atoms with Crippen LogP contribution in [0.3, 0.4) is 0 Å². The third kappa shape index (κ3) is 4.19. The lowest BCUT2D eigenvalue weighted by Crippen LogP contribution is -2.42. The van der Waals surface area contributed by atoms with Gasteiger partial charge in [-0.05, 0) is 43.5 Å². The highest BCUT2D eigenvalue weighted by atomic mass is 16.2. The van der Waals surface area contributed by atoms with Gasteiger partial charge in [-0.2, -0.15) is 4.98 Å². The summed E-state index contributed by atoms with van der Waals surface area (Å²) in [5.41, 5.74) is 8.02. The van der Waals surface area contributed by atoms with Crippen LogP contribution in [0.1, 0.15) is 38.5 Å². The predicted molar refractivity (Wildman–Crippen MR) is 107 cm³/mol. The van der Waals surface area contributed by atoms with Crippen molar-refractivity contribution in [3.63, 3.8) is 0 Å². The fraction of sp³-hybridized carbons (Fsp3) is 0.450. The number of carbonyl (C=O) groups is 1. The number of aromatic nitrogens is 2. The van der Waals surface area contributed by atoms with Gasteiger partial charge >= 0.3 is 0 Å². The number of carbonyl (C=O) groups excluding carboxylic acids is 1. The number of nitrogens with zero attached hydrogens (tertiary/aromatic N) is 3. The third-order valence-electron chi connectivity index (χ3n) is 5.29. The lowest BCUT2D eigenvalue weighted by atomic mass is 9.91. The highest BCUT2D eigenvalue weighted by molar-refractivity contribution is 5.95. The summed E-state index contributed by atoms with van der Waals surface area (Å²) in [6.07, 6.45) is 7.75. The first-order valence-corrected chi connectivity index (χ1v) is 9.72. The molecule has 4 rings (SSSR count). The largest absolute Gasteiger partial charge is 0.350 e. The molecule has 1 saturated carbocycles. The van der Waals surface area contributed by atoms with Gasteiger partial charge in [0.05, 0.1) is 0 Å². The van der Waals surface area contributed by atoms with Gasteiger partial charge in [-0.1, -0.05) is 18.9 Å². The lowest BCUT2D eigenvalue weighted by molar-refractivity contribution is -0.117. The molecule has 2 aliphatic rings. The van der Waals surface area contributed by atoms with E-state index in [-0.39, 0.29) is 18.0 Å². The van der Waals surface area contributed by atoms with Gasteiger partial charge in [0.25, 0.3) is 0 Å². The van der Waals surface area contributed by atoms with Gasteiger partial charge in [0, 0.05) is 42.6 Å². The fourth-order valence-electron chi connectivity index (χ4n) is 3.82. The van der Waals surface area contributed by atoms with Crippen LogP contribution in [0, 0.1) is 0 Å². The topological polar surface area (TPSA) is 96.2 Å². The summed E-state index contributed by atoms with van der Waals surface area (Å²) in [5, 5.41) is 6.69. The monoisotopic (exact) mass is 366 g/mol. The van der Waals surface area contributed by atoms with E-state index in [1.807, 2.05) is 35.2 Å². The Kier molecular flexibility index (Phi) is 5.20. The molecule has 0 unspecified atom stereocenters. The number of amides is 1. The van der Waals surface area contributed by atoms with E-state index in [0.29, 0.717) is 18.2 Å². The van der Waals surface area contributed by atoms with Crippen molar-refractivity contribution in [2.45, 2.75) is 50.6 Å². The molecule has 1 aliphatic carbocycles. The minimum Gasteiger partial charge on any atom is -0.350 e.